The summed E-state index contributed by atoms with van der Waals surface area (Å²) in [5, 5.41) is 3.67. The second-order valence-electron chi connectivity index (χ2n) is 4.94. The highest BCUT2D eigenvalue weighted by molar-refractivity contribution is 9.11. The number of rotatable bonds is 6. The fourth-order valence-electron chi connectivity index (χ4n) is 2.19. The van der Waals surface area contributed by atoms with E-state index in [1.807, 2.05) is 11.3 Å². The largest absolute Gasteiger partial charge is 0.310 e. The van der Waals surface area contributed by atoms with Gasteiger partial charge in [-0.1, -0.05) is 35.0 Å². The molecular formula is C16H19Br2NS. The van der Waals surface area contributed by atoms with Crippen molar-refractivity contribution in [1.29, 1.82) is 0 Å². The van der Waals surface area contributed by atoms with Crippen molar-refractivity contribution in [1.82, 2.24) is 5.32 Å². The van der Waals surface area contributed by atoms with Crippen LogP contribution in [0.3, 0.4) is 0 Å². The van der Waals surface area contributed by atoms with Crippen LogP contribution in [0.5, 0.6) is 0 Å². The van der Waals surface area contributed by atoms with Gasteiger partial charge in [-0.15, -0.1) is 11.3 Å². The molecule has 1 N–H and O–H groups in total. The van der Waals surface area contributed by atoms with Crippen molar-refractivity contribution in [3.8, 4) is 0 Å². The van der Waals surface area contributed by atoms with E-state index in [0.29, 0.717) is 6.04 Å². The summed E-state index contributed by atoms with van der Waals surface area (Å²) >= 11 is 9.07. The van der Waals surface area contributed by atoms with Gasteiger partial charge in [-0.25, -0.2) is 0 Å². The van der Waals surface area contributed by atoms with Gasteiger partial charge in [0.25, 0.3) is 0 Å². The number of hydrogen-bond donors (Lipinski definition) is 1. The molecule has 0 radical (unpaired) electrons. The third-order valence-corrected chi connectivity index (χ3v) is 5.54. The Morgan fingerprint density at radius 2 is 2.00 bits per heavy atom. The summed E-state index contributed by atoms with van der Waals surface area (Å²) in [6.07, 6.45) is 2.17. The van der Waals surface area contributed by atoms with Crippen LogP contribution in [0.4, 0.5) is 0 Å². The van der Waals surface area contributed by atoms with Gasteiger partial charge in [0.1, 0.15) is 0 Å². The Morgan fingerprint density at radius 1 is 1.20 bits per heavy atom. The van der Waals surface area contributed by atoms with Gasteiger partial charge >= 0.3 is 0 Å². The van der Waals surface area contributed by atoms with Crippen molar-refractivity contribution >= 4 is 43.2 Å². The second kappa shape index (κ2) is 7.74. The maximum absolute atomic E-state index is 3.71. The fourth-order valence-corrected chi connectivity index (χ4v) is 4.49. The Labute approximate surface area is 142 Å². The summed E-state index contributed by atoms with van der Waals surface area (Å²) < 4.78 is 2.39. The SMILES string of the molecule is CCCNC(Cc1ccc(Br)s1)c1ccc(C)cc1Br. The lowest BCUT2D eigenvalue weighted by molar-refractivity contribution is 0.530. The maximum atomic E-state index is 3.71. The van der Waals surface area contributed by atoms with Crippen LogP contribution in [0, 0.1) is 6.92 Å². The lowest BCUT2D eigenvalue weighted by atomic mass is 10.0. The standard InChI is InChI=1S/C16H19Br2NS/c1-3-8-19-15(10-12-5-7-16(18)20-12)13-6-4-11(2)9-14(13)17/h4-7,9,15,19H,3,8,10H2,1-2H3. The Morgan fingerprint density at radius 3 is 2.60 bits per heavy atom. The molecule has 1 atom stereocenters. The maximum Gasteiger partial charge on any atom is 0.0701 e. The minimum atomic E-state index is 0.357. The van der Waals surface area contributed by atoms with Gasteiger partial charge in [0.15, 0.2) is 0 Å². The molecule has 0 fully saturated rings. The van der Waals surface area contributed by atoms with Crippen LogP contribution in [-0.2, 0) is 6.42 Å². The van der Waals surface area contributed by atoms with Gasteiger partial charge in [-0.2, -0.15) is 0 Å². The molecule has 20 heavy (non-hydrogen) atoms. The third-order valence-electron chi connectivity index (χ3n) is 3.21. The highest BCUT2D eigenvalue weighted by Crippen LogP contribution is 2.30. The van der Waals surface area contributed by atoms with Crippen molar-refractivity contribution in [3.63, 3.8) is 0 Å². The highest BCUT2D eigenvalue weighted by Gasteiger charge is 2.15. The van der Waals surface area contributed by atoms with Crippen molar-refractivity contribution in [3.05, 3.63) is 54.6 Å². The molecule has 0 aliphatic heterocycles. The normalized spacial score (nSPS) is 12.6. The first kappa shape index (κ1) is 16.2. The molecule has 0 amide bonds. The third kappa shape index (κ3) is 4.42. The fraction of sp³-hybridized carbons (Fsp3) is 0.375. The van der Waals surface area contributed by atoms with Crippen LogP contribution >= 0.6 is 43.2 Å². The van der Waals surface area contributed by atoms with Gasteiger partial charge in [0.2, 0.25) is 0 Å². The molecule has 2 aromatic rings. The molecule has 108 valence electrons. The topological polar surface area (TPSA) is 12.0 Å². The van der Waals surface area contributed by atoms with Crippen molar-refractivity contribution in [2.75, 3.05) is 6.54 Å². The van der Waals surface area contributed by atoms with E-state index in [4.69, 9.17) is 0 Å². The quantitative estimate of drug-likeness (QED) is 0.621. The zero-order chi connectivity index (χ0) is 14.5. The number of hydrogen-bond acceptors (Lipinski definition) is 2. The Balaban J connectivity index is 2.22. The Hall–Kier alpha value is -0.160. The highest BCUT2D eigenvalue weighted by atomic mass is 79.9. The van der Waals surface area contributed by atoms with Gasteiger partial charge in [0, 0.05) is 21.8 Å². The van der Waals surface area contributed by atoms with E-state index in [0.717, 1.165) is 19.4 Å². The Kier molecular flexibility index (Phi) is 6.27. The van der Waals surface area contributed by atoms with Gasteiger partial charge < -0.3 is 5.32 Å². The number of halogens is 2. The summed E-state index contributed by atoms with van der Waals surface area (Å²) in [4.78, 5) is 1.40. The molecule has 0 aliphatic carbocycles. The second-order valence-corrected chi connectivity index (χ2v) is 8.34. The monoisotopic (exact) mass is 415 g/mol. The van der Waals surface area contributed by atoms with Crippen LogP contribution in [-0.4, -0.2) is 6.54 Å². The minimum Gasteiger partial charge on any atom is -0.310 e. The molecule has 0 spiro atoms. The van der Waals surface area contributed by atoms with E-state index in [1.54, 1.807) is 0 Å². The minimum absolute atomic E-state index is 0.357. The van der Waals surface area contributed by atoms with E-state index in [2.05, 4.69) is 81.4 Å². The van der Waals surface area contributed by atoms with Gasteiger partial charge in [-0.05, 0) is 65.1 Å². The first-order valence-electron chi connectivity index (χ1n) is 6.83. The molecule has 0 bridgehead atoms. The number of thiophene rings is 1. The summed E-state index contributed by atoms with van der Waals surface area (Å²) in [6, 6.07) is 11.3. The summed E-state index contributed by atoms with van der Waals surface area (Å²) in [7, 11) is 0. The molecule has 0 saturated heterocycles. The lowest BCUT2D eigenvalue weighted by Gasteiger charge is -2.20. The van der Waals surface area contributed by atoms with Crippen molar-refractivity contribution < 1.29 is 0 Å². The molecule has 1 heterocycles. The van der Waals surface area contributed by atoms with Crippen molar-refractivity contribution in [2.24, 2.45) is 0 Å². The van der Waals surface area contributed by atoms with E-state index in [-0.39, 0.29) is 0 Å². The number of nitrogens with one attached hydrogen (secondary N) is 1. The van der Waals surface area contributed by atoms with E-state index < -0.39 is 0 Å². The lowest BCUT2D eigenvalue weighted by Crippen LogP contribution is -2.24. The molecule has 0 saturated carbocycles. The Bertz CT molecular complexity index is 565. The average molecular weight is 417 g/mol. The van der Waals surface area contributed by atoms with Crippen LogP contribution in [0.15, 0.2) is 38.6 Å². The van der Waals surface area contributed by atoms with Gasteiger partial charge in [0.05, 0.1) is 3.79 Å². The first-order valence-corrected chi connectivity index (χ1v) is 9.24. The van der Waals surface area contributed by atoms with E-state index >= 15 is 0 Å². The first-order chi connectivity index (χ1) is 9.60. The van der Waals surface area contributed by atoms with E-state index in [9.17, 15) is 0 Å². The number of aryl methyl sites for hydroxylation is 1. The molecular weight excluding hydrogens is 398 g/mol. The van der Waals surface area contributed by atoms with Crippen LogP contribution in [0.25, 0.3) is 0 Å². The molecule has 4 heteroatoms. The summed E-state index contributed by atoms with van der Waals surface area (Å²) in [5.41, 5.74) is 2.63. The number of benzene rings is 1. The van der Waals surface area contributed by atoms with Crippen LogP contribution in [0.1, 0.15) is 35.4 Å². The molecule has 2 rings (SSSR count). The molecule has 1 aromatic carbocycles. The zero-order valence-electron chi connectivity index (χ0n) is 11.7. The van der Waals surface area contributed by atoms with Crippen LogP contribution in [0.2, 0.25) is 0 Å². The smallest absolute Gasteiger partial charge is 0.0701 e. The molecule has 1 unspecified atom stereocenters. The predicted molar refractivity (Wildman–Crippen MR) is 95.6 cm³/mol. The summed E-state index contributed by atoms with van der Waals surface area (Å²) in [5.74, 6) is 0. The van der Waals surface area contributed by atoms with Gasteiger partial charge in [-0.3, -0.25) is 0 Å². The summed E-state index contributed by atoms with van der Waals surface area (Å²) in [6.45, 7) is 5.37. The molecule has 1 nitrogen and oxygen atoms in total. The van der Waals surface area contributed by atoms with E-state index in [1.165, 1.54) is 24.3 Å². The van der Waals surface area contributed by atoms with Crippen molar-refractivity contribution in [2.45, 2.75) is 32.7 Å². The zero-order valence-corrected chi connectivity index (χ0v) is 15.7. The molecule has 1 aromatic heterocycles. The average Bonchev–Trinajstić information content (AvgIpc) is 2.80. The van der Waals surface area contributed by atoms with Crippen LogP contribution < -0.4 is 5.32 Å². The predicted octanol–water partition coefficient (Wildman–Crippen LogP) is 5.86. The molecule has 0 aliphatic rings.